The van der Waals surface area contributed by atoms with Crippen LogP contribution in [0.5, 0.6) is 0 Å². The first-order valence-electron chi connectivity index (χ1n) is 11.5. The van der Waals surface area contributed by atoms with E-state index in [4.69, 9.17) is 8.94 Å². The number of carbonyl (C=O) groups is 1. The highest BCUT2D eigenvalue weighted by Gasteiger charge is 2.29. The molecule has 0 unspecified atom stereocenters. The Kier molecular flexibility index (Phi) is 4.78. The molecule has 6 nitrogen and oxygen atoms in total. The van der Waals surface area contributed by atoms with E-state index in [0.717, 1.165) is 48.2 Å². The second-order valence-electron chi connectivity index (χ2n) is 8.85. The number of para-hydroxylation sites is 2. The lowest BCUT2D eigenvalue weighted by molar-refractivity contribution is 0.0696. The smallest absolute Gasteiger partial charge is 0.276 e. The lowest BCUT2D eigenvalue weighted by Gasteiger charge is -2.29. The molecule has 162 valence electrons. The predicted molar refractivity (Wildman–Crippen MR) is 120 cm³/mol. The maximum Gasteiger partial charge on any atom is 0.276 e. The van der Waals surface area contributed by atoms with Gasteiger partial charge in [-0.05, 0) is 67.9 Å². The molecule has 4 aromatic rings. The second kappa shape index (κ2) is 7.93. The van der Waals surface area contributed by atoms with Gasteiger partial charge in [0.25, 0.3) is 5.91 Å². The van der Waals surface area contributed by atoms with Crippen molar-refractivity contribution in [3.05, 3.63) is 71.2 Å². The van der Waals surface area contributed by atoms with Crippen LogP contribution in [0.4, 0.5) is 0 Å². The van der Waals surface area contributed by atoms with E-state index >= 15 is 0 Å². The van der Waals surface area contributed by atoms with E-state index in [0.29, 0.717) is 24.5 Å². The molecule has 1 aliphatic heterocycles. The molecule has 0 atom stereocenters. The SMILES string of the molecule is O=C(c1cc(-c2ccc3c(c2)CCCC3)on1)N1CCC(c2nc3ccccc3o2)CC1. The standard InChI is InChI=1S/C26H25N3O3/c30-26(22-16-24(32-28-22)20-10-9-17-5-1-2-6-19(17)15-20)29-13-11-18(12-14-29)25-27-21-7-3-4-8-23(21)31-25/h3-4,7-10,15-16,18H,1-2,5-6,11-14H2. The van der Waals surface area contributed by atoms with E-state index in [-0.39, 0.29) is 11.8 Å². The fourth-order valence-electron chi connectivity index (χ4n) is 4.95. The van der Waals surface area contributed by atoms with Gasteiger partial charge in [-0.1, -0.05) is 29.4 Å². The molecule has 0 radical (unpaired) electrons. The molecule has 1 saturated heterocycles. The van der Waals surface area contributed by atoms with Gasteiger partial charge >= 0.3 is 0 Å². The van der Waals surface area contributed by atoms with E-state index in [1.807, 2.05) is 29.2 Å². The maximum atomic E-state index is 13.0. The Hall–Kier alpha value is -3.41. The summed E-state index contributed by atoms with van der Waals surface area (Å²) in [6.07, 6.45) is 6.40. The molecule has 6 heteroatoms. The molecule has 32 heavy (non-hydrogen) atoms. The van der Waals surface area contributed by atoms with Crippen LogP contribution < -0.4 is 0 Å². The van der Waals surface area contributed by atoms with Crippen LogP contribution in [-0.2, 0) is 12.8 Å². The lowest BCUT2D eigenvalue weighted by Crippen LogP contribution is -2.38. The van der Waals surface area contributed by atoms with Crippen molar-refractivity contribution in [1.82, 2.24) is 15.0 Å². The molecule has 0 N–H and O–H groups in total. The summed E-state index contributed by atoms with van der Waals surface area (Å²) in [5.41, 5.74) is 5.89. The number of carbonyl (C=O) groups excluding carboxylic acids is 1. The van der Waals surface area contributed by atoms with Crippen molar-refractivity contribution in [3.63, 3.8) is 0 Å². The molecular formula is C26H25N3O3. The lowest BCUT2D eigenvalue weighted by atomic mass is 9.90. The molecule has 2 aliphatic rings. The van der Waals surface area contributed by atoms with Crippen LogP contribution >= 0.6 is 0 Å². The number of hydrogen-bond acceptors (Lipinski definition) is 5. The van der Waals surface area contributed by atoms with Crippen molar-refractivity contribution in [2.24, 2.45) is 0 Å². The highest BCUT2D eigenvalue weighted by Crippen LogP contribution is 2.31. The van der Waals surface area contributed by atoms with Gasteiger partial charge in [-0.3, -0.25) is 4.79 Å². The van der Waals surface area contributed by atoms with Crippen molar-refractivity contribution in [1.29, 1.82) is 0 Å². The van der Waals surface area contributed by atoms with Gasteiger partial charge in [0.15, 0.2) is 22.9 Å². The van der Waals surface area contributed by atoms with Gasteiger partial charge in [0.2, 0.25) is 0 Å². The number of benzene rings is 2. The molecule has 0 spiro atoms. The number of likely N-dealkylation sites (tertiary alicyclic amines) is 1. The zero-order valence-electron chi connectivity index (χ0n) is 17.9. The predicted octanol–water partition coefficient (Wildman–Crippen LogP) is 5.38. The Morgan fingerprint density at radius 3 is 2.62 bits per heavy atom. The molecule has 1 fully saturated rings. The Labute approximate surface area is 186 Å². The highest BCUT2D eigenvalue weighted by molar-refractivity contribution is 5.93. The molecular weight excluding hydrogens is 402 g/mol. The fourth-order valence-corrected chi connectivity index (χ4v) is 4.95. The van der Waals surface area contributed by atoms with E-state index in [9.17, 15) is 4.79 Å². The number of rotatable bonds is 3. The summed E-state index contributed by atoms with van der Waals surface area (Å²) in [5, 5.41) is 4.09. The summed E-state index contributed by atoms with van der Waals surface area (Å²) in [6, 6.07) is 16.0. The first-order valence-corrected chi connectivity index (χ1v) is 11.5. The van der Waals surface area contributed by atoms with Gasteiger partial charge in [-0.15, -0.1) is 0 Å². The molecule has 0 bridgehead atoms. The number of hydrogen-bond donors (Lipinski definition) is 0. The zero-order valence-corrected chi connectivity index (χ0v) is 17.9. The third-order valence-corrected chi connectivity index (χ3v) is 6.80. The molecule has 0 saturated carbocycles. The van der Waals surface area contributed by atoms with Crippen LogP contribution in [0.1, 0.15) is 59.1 Å². The normalized spacial score (nSPS) is 16.9. The summed E-state index contributed by atoms with van der Waals surface area (Å²) in [5.74, 6) is 1.58. The quantitative estimate of drug-likeness (QED) is 0.439. The van der Waals surface area contributed by atoms with Gasteiger partial charge in [0.05, 0.1) is 0 Å². The highest BCUT2D eigenvalue weighted by atomic mass is 16.5. The van der Waals surface area contributed by atoms with Crippen LogP contribution in [0, 0.1) is 0 Å². The molecule has 6 rings (SSSR count). The number of nitrogens with zero attached hydrogens (tertiary/aromatic N) is 3. The first kappa shape index (κ1) is 19.3. The van der Waals surface area contributed by atoms with E-state index in [1.54, 1.807) is 6.07 Å². The summed E-state index contributed by atoms with van der Waals surface area (Å²) < 4.78 is 11.5. The average molecular weight is 428 g/mol. The number of oxazole rings is 1. The van der Waals surface area contributed by atoms with Gasteiger partial charge in [0.1, 0.15) is 5.52 Å². The average Bonchev–Trinajstić information content (AvgIpc) is 3.51. The van der Waals surface area contributed by atoms with Crippen molar-refractivity contribution in [2.45, 2.75) is 44.4 Å². The summed E-state index contributed by atoms with van der Waals surface area (Å²) in [6.45, 7) is 1.31. The van der Waals surface area contributed by atoms with Gasteiger partial charge < -0.3 is 13.8 Å². The van der Waals surface area contributed by atoms with Crippen LogP contribution in [0.3, 0.4) is 0 Å². The minimum Gasteiger partial charge on any atom is -0.440 e. The fraction of sp³-hybridized carbons (Fsp3) is 0.346. The van der Waals surface area contributed by atoms with Gasteiger partial charge in [-0.25, -0.2) is 4.98 Å². The van der Waals surface area contributed by atoms with Crippen molar-refractivity contribution in [2.75, 3.05) is 13.1 Å². The number of aromatic nitrogens is 2. The summed E-state index contributed by atoms with van der Waals surface area (Å²) in [4.78, 5) is 19.5. The molecule has 3 heterocycles. The van der Waals surface area contributed by atoms with E-state index in [2.05, 4.69) is 28.3 Å². The number of piperidine rings is 1. The number of aryl methyl sites for hydroxylation is 2. The molecule has 2 aromatic heterocycles. The Bertz CT molecular complexity index is 1250. The van der Waals surface area contributed by atoms with Gasteiger partial charge in [-0.2, -0.15) is 0 Å². The van der Waals surface area contributed by atoms with Crippen molar-refractivity contribution >= 4 is 17.0 Å². The largest absolute Gasteiger partial charge is 0.440 e. The Morgan fingerprint density at radius 2 is 1.78 bits per heavy atom. The first-order chi connectivity index (χ1) is 15.7. The minimum absolute atomic E-state index is 0.0750. The van der Waals surface area contributed by atoms with Crippen molar-refractivity contribution in [3.8, 4) is 11.3 Å². The number of amides is 1. The Morgan fingerprint density at radius 1 is 0.969 bits per heavy atom. The maximum absolute atomic E-state index is 13.0. The van der Waals surface area contributed by atoms with E-state index < -0.39 is 0 Å². The Balaban J connectivity index is 1.13. The molecule has 2 aromatic carbocycles. The number of fused-ring (bicyclic) bond motifs is 2. The summed E-state index contributed by atoms with van der Waals surface area (Å²) >= 11 is 0. The zero-order chi connectivity index (χ0) is 21.5. The van der Waals surface area contributed by atoms with Crippen molar-refractivity contribution < 1.29 is 13.7 Å². The summed E-state index contributed by atoms with van der Waals surface area (Å²) in [7, 11) is 0. The van der Waals surface area contributed by atoms with Crippen LogP contribution in [0.15, 0.2) is 57.5 Å². The van der Waals surface area contributed by atoms with Crippen LogP contribution in [0.2, 0.25) is 0 Å². The van der Waals surface area contributed by atoms with Gasteiger partial charge in [0, 0.05) is 30.6 Å². The monoisotopic (exact) mass is 427 g/mol. The van der Waals surface area contributed by atoms with E-state index in [1.165, 1.54) is 24.0 Å². The third kappa shape index (κ3) is 3.49. The molecule has 1 amide bonds. The van der Waals surface area contributed by atoms with Crippen LogP contribution in [-0.4, -0.2) is 34.0 Å². The molecule has 1 aliphatic carbocycles. The third-order valence-electron chi connectivity index (χ3n) is 6.80. The second-order valence-corrected chi connectivity index (χ2v) is 8.85. The minimum atomic E-state index is -0.0750. The van der Waals surface area contributed by atoms with Crippen LogP contribution in [0.25, 0.3) is 22.4 Å². The topological polar surface area (TPSA) is 72.4 Å².